The normalized spacial score (nSPS) is 16.4. The van der Waals surface area contributed by atoms with Gasteiger partial charge in [0.25, 0.3) is 0 Å². The van der Waals surface area contributed by atoms with Crippen LogP contribution in [0.2, 0.25) is 0 Å². The van der Waals surface area contributed by atoms with Crippen molar-refractivity contribution in [3.63, 3.8) is 0 Å². The summed E-state index contributed by atoms with van der Waals surface area (Å²) in [6, 6.07) is 12.2. The van der Waals surface area contributed by atoms with Crippen molar-refractivity contribution in [3.05, 3.63) is 64.6 Å². The van der Waals surface area contributed by atoms with Crippen LogP contribution in [-0.2, 0) is 0 Å². The maximum Gasteiger partial charge on any atom is 0.226 e. The molecule has 4 rings (SSSR count). The fourth-order valence-electron chi connectivity index (χ4n) is 2.74. The SMILES string of the molecule is CCOc1ccccc1C1C=C(c2cccs2)Nc2ncnn21. The van der Waals surface area contributed by atoms with Crippen molar-refractivity contribution in [2.24, 2.45) is 0 Å². The van der Waals surface area contributed by atoms with E-state index >= 15 is 0 Å². The molecule has 3 aromatic rings. The lowest BCUT2D eigenvalue weighted by Gasteiger charge is -2.25. The molecule has 0 saturated carbocycles. The zero-order chi connectivity index (χ0) is 15.6. The van der Waals surface area contributed by atoms with E-state index in [4.69, 9.17) is 4.74 Å². The number of fused-ring (bicyclic) bond motifs is 1. The molecule has 1 aromatic carbocycles. The van der Waals surface area contributed by atoms with Gasteiger partial charge in [0.15, 0.2) is 0 Å². The van der Waals surface area contributed by atoms with Gasteiger partial charge < -0.3 is 10.1 Å². The fourth-order valence-corrected chi connectivity index (χ4v) is 3.45. The Morgan fingerprint density at radius 1 is 1.26 bits per heavy atom. The van der Waals surface area contributed by atoms with Crippen LogP contribution in [0.15, 0.2) is 54.2 Å². The zero-order valence-corrected chi connectivity index (χ0v) is 13.5. The molecule has 5 nitrogen and oxygen atoms in total. The largest absolute Gasteiger partial charge is 0.494 e. The molecule has 6 heteroatoms. The number of nitrogens with one attached hydrogen (secondary N) is 1. The number of rotatable bonds is 4. The number of nitrogens with zero attached hydrogens (tertiary/aromatic N) is 3. The molecule has 1 aliphatic heterocycles. The first-order chi connectivity index (χ1) is 11.4. The van der Waals surface area contributed by atoms with E-state index in [2.05, 4.69) is 39.0 Å². The van der Waals surface area contributed by atoms with E-state index in [-0.39, 0.29) is 6.04 Å². The maximum atomic E-state index is 5.80. The molecule has 3 heterocycles. The van der Waals surface area contributed by atoms with E-state index in [0.717, 1.165) is 23.0 Å². The molecule has 0 saturated heterocycles. The van der Waals surface area contributed by atoms with Gasteiger partial charge in [-0.2, -0.15) is 10.1 Å². The second kappa shape index (κ2) is 5.89. The number of thiophene rings is 1. The number of benzene rings is 1. The second-order valence-corrected chi connectivity index (χ2v) is 6.07. The Kier molecular flexibility index (Phi) is 3.59. The minimum Gasteiger partial charge on any atom is -0.494 e. The van der Waals surface area contributed by atoms with E-state index in [1.165, 1.54) is 4.88 Å². The number of hydrogen-bond acceptors (Lipinski definition) is 5. The highest BCUT2D eigenvalue weighted by atomic mass is 32.1. The molecule has 1 atom stereocenters. The van der Waals surface area contributed by atoms with Crippen LogP contribution in [0.25, 0.3) is 5.70 Å². The molecule has 0 aliphatic carbocycles. The van der Waals surface area contributed by atoms with E-state index in [9.17, 15) is 0 Å². The summed E-state index contributed by atoms with van der Waals surface area (Å²) < 4.78 is 7.68. The van der Waals surface area contributed by atoms with Gasteiger partial charge >= 0.3 is 0 Å². The van der Waals surface area contributed by atoms with E-state index in [0.29, 0.717) is 6.61 Å². The first-order valence-corrected chi connectivity index (χ1v) is 8.38. The quantitative estimate of drug-likeness (QED) is 0.793. The molecule has 23 heavy (non-hydrogen) atoms. The maximum absolute atomic E-state index is 5.80. The highest BCUT2D eigenvalue weighted by molar-refractivity contribution is 7.11. The van der Waals surface area contributed by atoms with Gasteiger partial charge in [-0.05, 0) is 30.5 Å². The van der Waals surface area contributed by atoms with Gasteiger partial charge in [-0.25, -0.2) is 4.68 Å². The van der Waals surface area contributed by atoms with Crippen molar-refractivity contribution >= 4 is 23.0 Å². The van der Waals surface area contributed by atoms with Crippen molar-refractivity contribution in [2.45, 2.75) is 13.0 Å². The average molecular weight is 324 g/mol. The fraction of sp³-hybridized carbons (Fsp3) is 0.176. The summed E-state index contributed by atoms with van der Waals surface area (Å²) >= 11 is 1.70. The monoisotopic (exact) mass is 324 g/mol. The molecule has 116 valence electrons. The van der Waals surface area contributed by atoms with Crippen LogP contribution in [0.3, 0.4) is 0 Å². The first kappa shape index (κ1) is 14.0. The summed E-state index contributed by atoms with van der Waals surface area (Å²) in [5.41, 5.74) is 2.13. The van der Waals surface area contributed by atoms with Gasteiger partial charge in [0.2, 0.25) is 5.95 Å². The average Bonchev–Trinajstić information content (AvgIpc) is 3.26. The molecule has 0 spiro atoms. The van der Waals surface area contributed by atoms with E-state index in [1.54, 1.807) is 17.7 Å². The third-order valence-corrected chi connectivity index (χ3v) is 4.63. The van der Waals surface area contributed by atoms with Crippen molar-refractivity contribution in [1.29, 1.82) is 0 Å². The lowest BCUT2D eigenvalue weighted by Crippen LogP contribution is -2.20. The van der Waals surface area contributed by atoms with Gasteiger partial charge in [0, 0.05) is 5.56 Å². The number of anilines is 1. The Labute approximate surface area is 138 Å². The summed E-state index contributed by atoms with van der Waals surface area (Å²) in [5, 5.41) is 9.80. The van der Waals surface area contributed by atoms with Gasteiger partial charge in [0.1, 0.15) is 18.1 Å². The summed E-state index contributed by atoms with van der Waals surface area (Å²) in [5.74, 6) is 1.62. The number of hydrogen-bond donors (Lipinski definition) is 1. The van der Waals surface area contributed by atoms with Crippen LogP contribution in [0.1, 0.15) is 23.4 Å². The Hall–Kier alpha value is -2.60. The topological polar surface area (TPSA) is 52.0 Å². The molecular weight excluding hydrogens is 308 g/mol. The molecule has 0 radical (unpaired) electrons. The zero-order valence-electron chi connectivity index (χ0n) is 12.6. The summed E-state index contributed by atoms with van der Waals surface area (Å²) in [6.45, 7) is 2.63. The Balaban J connectivity index is 1.83. The van der Waals surface area contributed by atoms with Crippen LogP contribution in [0.4, 0.5) is 5.95 Å². The van der Waals surface area contributed by atoms with Gasteiger partial charge in [0.05, 0.1) is 17.2 Å². The number of allylic oxidation sites excluding steroid dienone is 1. The van der Waals surface area contributed by atoms with Gasteiger partial charge in [-0.3, -0.25) is 0 Å². The highest BCUT2D eigenvalue weighted by Gasteiger charge is 2.25. The summed E-state index contributed by atoms with van der Waals surface area (Å²) in [6.07, 6.45) is 3.75. The van der Waals surface area contributed by atoms with Crippen LogP contribution in [0, 0.1) is 0 Å². The number of aromatic nitrogens is 3. The lowest BCUT2D eigenvalue weighted by atomic mass is 10.0. The molecule has 0 fully saturated rings. The summed E-state index contributed by atoms with van der Waals surface area (Å²) in [7, 11) is 0. The molecule has 0 bridgehead atoms. The summed E-state index contributed by atoms with van der Waals surface area (Å²) in [4.78, 5) is 5.51. The molecular formula is C17H16N4OS. The minimum atomic E-state index is -0.0476. The Morgan fingerprint density at radius 2 is 2.17 bits per heavy atom. The van der Waals surface area contributed by atoms with Crippen molar-refractivity contribution in [1.82, 2.24) is 14.8 Å². The van der Waals surface area contributed by atoms with Crippen LogP contribution in [0.5, 0.6) is 5.75 Å². The van der Waals surface area contributed by atoms with Crippen molar-refractivity contribution < 1.29 is 4.74 Å². The Bertz CT molecular complexity index is 838. The predicted octanol–water partition coefficient (Wildman–Crippen LogP) is 3.79. The lowest BCUT2D eigenvalue weighted by molar-refractivity contribution is 0.333. The van der Waals surface area contributed by atoms with Gasteiger partial charge in [-0.1, -0.05) is 24.3 Å². The van der Waals surface area contributed by atoms with Crippen molar-refractivity contribution in [2.75, 3.05) is 11.9 Å². The van der Waals surface area contributed by atoms with Crippen LogP contribution >= 0.6 is 11.3 Å². The molecule has 2 aromatic heterocycles. The van der Waals surface area contributed by atoms with Crippen LogP contribution < -0.4 is 10.1 Å². The first-order valence-electron chi connectivity index (χ1n) is 7.50. The third kappa shape index (κ3) is 2.51. The standard InChI is InChI=1S/C17H16N4OS/c1-2-22-15-7-4-3-6-12(15)14-10-13(16-8-5-9-23-16)20-17-18-11-19-21(14)17/h3-11,14H,2H2,1H3,(H,18,19,20). The molecule has 1 N–H and O–H groups in total. The van der Waals surface area contributed by atoms with Crippen molar-refractivity contribution in [3.8, 4) is 5.75 Å². The van der Waals surface area contributed by atoms with E-state index < -0.39 is 0 Å². The second-order valence-electron chi connectivity index (χ2n) is 5.13. The van der Waals surface area contributed by atoms with E-state index in [1.807, 2.05) is 35.9 Å². The molecule has 0 amide bonds. The molecule has 1 aliphatic rings. The molecule has 1 unspecified atom stereocenters. The predicted molar refractivity (Wildman–Crippen MR) is 91.7 cm³/mol. The third-order valence-electron chi connectivity index (χ3n) is 3.73. The Morgan fingerprint density at radius 3 is 3.00 bits per heavy atom. The number of para-hydroxylation sites is 1. The minimum absolute atomic E-state index is 0.0476. The highest BCUT2D eigenvalue weighted by Crippen LogP contribution is 2.36. The number of ether oxygens (including phenoxy) is 1. The van der Waals surface area contributed by atoms with Gasteiger partial charge in [-0.15, -0.1) is 11.3 Å². The smallest absolute Gasteiger partial charge is 0.226 e. The van der Waals surface area contributed by atoms with Crippen LogP contribution in [-0.4, -0.2) is 21.4 Å².